The van der Waals surface area contributed by atoms with Crippen LogP contribution in [0, 0.1) is 6.92 Å². The van der Waals surface area contributed by atoms with Gasteiger partial charge in [-0.15, -0.1) is 0 Å². The second kappa shape index (κ2) is 6.74. The molecule has 2 N–H and O–H groups in total. The van der Waals surface area contributed by atoms with Crippen molar-refractivity contribution in [3.63, 3.8) is 0 Å². The molecule has 4 aromatic rings. The second-order valence-electron chi connectivity index (χ2n) is 7.82. The molecule has 0 saturated carbocycles. The van der Waals surface area contributed by atoms with Gasteiger partial charge in [-0.3, -0.25) is 4.79 Å². The summed E-state index contributed by atoms with van der Waals surface area (Å²) in [7, 11) is 0. The molecule has 1 aromatic carbocycles. The van der Waals surface area contributed by atoms with E-state index in [4.69, 9.17) is 10.7 Å². The molecule has 3 aromatic heterocycles. The normalized spacial score (nSPS) is 16.9. The minimum absolute atomic E-state index is 0.0327. The second-order valence-corrected chi connectivity index (χ2v) is 7.82. The van der Waals surface area contributed by atoms with Crippen LogP contribution in [-0.2, 0) is 6.54 Å². The van der Waals surface area contributed by atoms with Crippen LogP contribution in [0.15, 0.2) is 48.7 Å². The zero-order chi connectivity index (χ0) is 20.1. The Morgan fingerprint density at radius 1 is 1.24 bits per heavy atom. The zero-order valence-electron chi connectivity index (χ0n) is 16.8. The van der Waals surface area contributed by atoms with Crippen molar-refractivity contribution in [3.05, 3.63) is 59.9 Å². The maximum Gasteiger partial charge on any atom is 0.254 e. The predicted octanol–water partition coefficient (Wildman–Crippen LogP) is 3.46. The molecule has 0 aliphatic carbocycles. The van der Waals surface area contributed by atoms with E-state index >= 15 is 0 Å². The summed E-state index contributed by atoms with van der Waals surface area (Å²) in [6.45, 7) is 6.45. The fourth-order valence-corrected chi connectivity index (χ4v) is 4.44. The fourth-order valence-electron chi connectivity index (χ4n) is 4.44. The van der Waals surface area contributed by atoms with E-state index < -0.39 is 0 Å². The number of hydrogen-bond donors (Lipinski definition) is 1. The molecular weight excluding hydrogens is 362 g/mol. The molecule has 1 aliphatic heterocycles. The van der Waals surface area contributed by atoms with Gasteiger partial charge < -0.3 is 19.6 Å². The molecule has 0 bridgehead atoms. The van der Waals surface area contributed by atoms with Crippen LogP contribution >= 0.6 is 0 Å². The lowest BCUT2D eigenvalue weighted by molar-refractivity contribution is 0.0791. The Morgan fingerprint density at radius 2 is 2.07 bits per heavy atom. The number of carbonyl (C=O) groups excluding carboxylic acids is 1. The van der Waals surface area contributed by atoms with E-state index in [0.717, 1.165) is 42.2 Å². The number of rotatable bonds is 3. The van der Waals surface area contributed by atoms with Crippen molar-refractivity contribution < 1.29 is 4.79 Å². The molecule has 0 spiro atoms. The molecule has 148 valence electrons. The van der Waals surface area contributed by atoms with E-state index in [0.29, 0.717) is 12.1 Å². The first-order valence-electron chi connectivity index (χ1n) is 10.2. The van der Waals surface area contributed by atoms with Crippen molar-refractivity contribution in [1.29, 1.82) is 0 Å². The van der Waals surface area contributed by atoms with Gasteiger partial charge in [0.15, 0.2) is 0 Å². The van der Waals surface area contributed by atoms with E-state index in [1.165, 1.54) is 10.9 Å². The molecule has 1 unspecified atom stereocenters. The highest BCUT2D eigenvalue weighted by Crippen LogP contribution is 2.30. The topological polar surface area (TPSA) is 68.6 Å². The van der Waals surface area contributed by atoms with E-state index in [2.05, 4.69) is 53.1 Å². The average molecular weight is 387 g/mol. The molecule has 1 saturated heterocycles. The van der Waals surface area contributed by atoms with Crippen LogP contribution < -0.4 is 5.73 Å². The van der Waals surface area contributed by atoms with Crippen LogP contribution in [-0.4, -0.2) is 43.9 Å². The molecule has 1 fully saturated rings. The Hall–Kier alpha value is -3.12. The lowest BCUT2D eigenvalue weighted by Crippen LogP contribution is -2.31. The number of fused-ring (bicyclic) bond motifs is 2. The summed E-state index contributed by atoms with van der Waals surface area (Å²) >= 11 is 0. The standard InChI is InChI=1S/C23H25N5O/c1-3-27-19-7-5-4-6-16(19)12-20(27)22-15(2)28-11-8-17(13-21(28)25-22)23(29)26-10-9-18(24)14-26/h4-8,11-13,18H,3,9-10,14,24H2,1-2H3. The van der Waals surface area contributed by atoms with E-state index in [1.807, 2.05) is 23.2 Å². The molecule has 0 radical (unpaired) electrons. The number of nitrogens with two attached hydrogens (primary N) is 1. The minimum Gasteiger partial charge on any atom is -0.339 e. The lowest BCUT2D eigenvalue weighted by atomic mass is 10.2. The van der Waals surface area contributed by atoms with E-state index in [9.17, 15) is 4.79 Å². The van der Waals surface area contributed by atoms with Gasteiger partial charge >= 0.3 is 0 Å². The molecule has 5 rings (SSSR count). The Labute approximate surface area is 169 Å². The first-order chi connectivity index (χ1) is 14.1. The Kier molecular flexibility index (Phi) is 4.17. The van der Waals surface area contributed by atoms with Gasteiger partial charge in [0, 0.05) is 54.0 Å². The van der Waals surface area contributed by atoms with Gasteiger partial charge in [-0.05, 0) is 44.5 Å². The van der Waals surface area contributed by atoms with Gasteiger partial charge in [-0.2, -0.15) is 0 Å². The molecule has 1 atom stereocenters. The summed E-state index contributed by atoms with van der Waals surface area (Å²) in [6, 6.07) is 14.5. The van der Waals surface area contributed by atoms with Gasteiger partial charge in [0.2, 0.25) is 0 Å². The summed E-state index contributed by atoms with van der Waals surface area (Å²) < 4.78 is 4.35. The summed E-state index contributed by atoms with van der Waals surface area (Å²) in [5, 5.41) is 1.21. The quantitative estimate of drug-likeness (QED) is 0.585. The molecule has 4 heterocycles. The SMILES string of the molecule is CCn1c(-c2nc3cc(C(=O)N4CCC(N)C4)ccn3c2C)cc2ccccc21. The number of amides is 1. The van der Waals surface area contributed by atoms with Gasteiger partial charge in [0.05, 0.1) is 5.69 Å². The molecule has 29 heavy (non-hydrogen) atoms. The van der Waals surface area contributed by atoms with Crippen molar-refractivity contribution in [1.82, 2.24) is 18.9 Å². The number of aryl methyl sites for hydroxylation is 2. The van der Waals surface area contributed by atoms with Crippen LogP contribution in [0.2, 0.25) is 0 Å². The van der Waals surface area contributed by atoms with Crippen molar-refractivity contribution >= 4 is 22.5 Å². The van der Waals surface area contributed by atoms with E-state index in [-0.39, 0.29) is 11.9 Å². The van der Waals surface area contributed by atoms with Crippen molar-refractivity contribution in [2.24, 2.45) is 5.73 Å². The molecule has 6 nitrogen and oxygen atoms in total. The van der Waals surface area contributed by atoms with Gasteiger partial charge in [-0.25, -0.2) is 4.98 Å². The maximum absolute atomic E-state index is 12.8. The summed E-state index contributed by atoms with van der Waals surface area (Å²) in [4.78, 5) is 19.6. The van der Waals surface area contributed by atoms with Crippen LogP contribution in [0.4, 0.5) is 0 Å². The Balaban J connectivity index is 1.60. The third-order valence-corrected chi connectivity index (χ3v) is 5.99. The summed E-state index contributed by atoms with van der Waals surface area (Å²) in [5.41, 5.74) is 11.8. The number of para-hydroxylation sites is 1. The van der Waals surface area contributed by atoms with Gasteiger partial charge in [0.1, 0.15) is 11.3 Å². The highest BCUT2D eigenvalue weighted by atomic mass is 16.2. The fraction of sp³-hybridized carbons (Fsp3) is 0.304. The largest absolute Gasteiger partial charge is 0.339 e. The third-order valence-electron chi connectivity index (χ3n) is 5.99. The van der Waals surface area contributed by atoms with Crippen LogP contribution in [0.5, 0.6) is 0 Å². The summed E-state index contributed by atoms with van der Waals surface area (Å²) in [6.07, 6.45) is 2.81. The third kappa shape index (κ3) is 2.83. The Morgan fingerprint density at radius 3 is 2.83 bits per heavy atom. The van der Waals surface area contributed by atoms with Crippen LogP contribution in [0.1, 0.15) is 29.4 Å². The number of imidazole rings is 1. The zero-order valence-corrected chi connectivity index (χ0v) is 16.8. The predicted molar refractivity (Wildman–Crippen MR) is 115 cm³/mol. The number of nitrogens with zero attached hydrogens (tertiary/aromatic N) is 4. The highest BCUT2D eigenvalue weighted by molar-refractivity contribution is 5.95. The lowest BCUT2D eigenvalue weighted by Gasteiger charge is -2.15. The van der Waals surface area contributed by atoms with Crippen LogP contribution in [0.3, 0.4) is 0 Å². The summed E-state index contributed by atoms with van der Waals surface area (Å²) in [5.74, 6) is 0.0327. The van der Waals surface area contributed by atoms with Gasteiger partial charge in [0.25, 0.3) is 5.91 Å². The van der Waals surface area contributed by atoms with Crippen molar-refractivity contribution in [2.75, 3.05) is 13.1 Å². The molecular formula is C23H25N5O. The molecule has 1 amide bonds. The first kappa shape index (κ1) is 17.9. The smallest absolute Gasteiger partial charge is 0.254 e. The first-order valence-corrected chi connectivity index (χ1v) is 10.2. The molecule has 1 aliphatic rings. The number of likely N-dealkylation sites (tertiary alicyclic amines) is 1. The number of hydrogen-bond acceptors (Lipinski definition) is 3. The number of benzene rings is 1. The van der Waals surface area contributed by atoms with Gasteiger partial charge in [-0.1, -0.05) is 18.2 Å². The van der Waals surface area contributed by atoms with Crippen molar-refractivity contribution in [2.45, 2.75) is 32.9 Å². The number of pyridine rings is 1. The minimum atomic E-state index is 0.0327. The van der Waals surface area contributed by atoms with Crippen LogP contribution in [0.25, 0.3) is 27.9 Å². The highest BCUT2D eigenvalue weighted by Gasteiger charge is 2.25. The maximum atomic E-state index is 12.8. The Bertz CT molecular complexity index is 1240. The van der Waals surface area contributed by atoms with Crippen molar-refractivity contribution in [3.8, 4) is 11.4 Å². The number of carbonyl (C=O) groups is 1. The number of aromatic nitrogens is 3. The molecule has 6 heteroatoms. The average Bonchev–Trinajstić information content (AvgIpc) is 3.42. The van der Waals surface area contributed by atoms with E-state index in [1.54, 1.807) is 0 Å². The monoisotopic (exact) mass is 387 g/mol.